The maximum atomic E-state index is 11.7. The van der Waals surface area contributed by atoms with Crippen LogP contribution in [0.3, 0.4) is 0 Å². The smallest absolute Gasteiger partial charge is 0.241 e. The Morgan fingerprint density at radius 1 is 1.53 bits per heavy atom. The lowest BCUT2D eigenvalue weighted by Gasteiger charge is -2.12. The van der Waals surface area contributed by atoms with Crippen molar-refractivity contribution in [2.45, 2.75) is 38.8 Å². The number of anilines is 1. The predicted molar refractivity (Wildman–Crippen MR) is 68.5 cm³/mol. The molecule has 1 aromatic carbocycles. The molecule has 1 amide bonds. The van der Waals surface area contributed by atoms with Crippen LogP contribution in [0.1, 0.15) is 31.7 Å². The molecule has 1 aromatic rings. The van der Waals surface area contributed by atoms with Crippen molar-refractivity contribution >= 4 is 11.6 Å². The molecule has 94 valence electrons. The van der Waals surface area contributed by atoms with Gasteiger partial charge in [-0.05, 0) is 24.1 Å². The van der Waals surface area contributed by atoms with Gasteiger partial charge in [-0.25, -0.2) is 0 Å². The molecule has 0 saturated heterocycles. The van der Waals surface area contributed by atoms with Gasteiger partial charge in [-0.1, -0.05) is 31.9 Å². The number of hydrogen-bond acceptors (Lipinski definition) is 3. The van der Waals surface area contributed by atoms with Gasteiger partial charge in [0.25, 0.3) is 0 Å². The van der Waals surface area contributed by atoms with Crippen molar-refractivity contribution in [2.24, 2.45) is 5.73 Å². The summed E-state index contributed by atoms with van der Waals surface area (Å²) in [7, 11) is 0. The molecule has 4 N–H and O–H groups in total. The number of carbonyl (C=O) groups excluding carboxylic acids is 1. The number of aliphatic hydroxyl groups excluding tert-OH is 1. The van der Waals surface area contributed by atoms with Gasteiger partial charge >= 0.3 is 0 Å². The van der Waals surface area contributed by atoms with Gasteiger partial charge in [0.1, 0.15) is 0 Å². The van der Waals surface area contributed by atoms with E-state index in [0.29, 0.717) is 12.1 Å². The van der Waals surface area contributed by atoms with Crippen molar-refractivity contribution in [2.75, 3.05) is 5.32 Å². The van der Waals surface area contributed by atoms with E-state index in [1.165, 1.54) is 0 Å². The Bertz CT molecular complexity index is 366. The van der Waals surface area contributed by atoms with E-state index in [1.54, 1.807) is 24.3 Å². The molecule has 0 radical (unpaired) electrons. The van der Waals surface area contributed by atoms with E-state index >= 15 is 0 Å². The van der Waals surface area contributed by atoms with E-state index in [9.17, 15) is 4.79 Å². The Labute approximate surface area is 102 Å². The monoisotopic (exact) mass is 236 g/mol. The maximum Gasteiger partial charge on any atom is 0.241 e. The van der Waals surface area contributed by atoms with E-state index in [1.807, 2.05) is 0 Å². The zero-order valence-corrected chi connectivity index (χ0v) is 10.1. The van der Waals surface area contributed by atoms with Gasteiger partial charge in [-0.15, -0.1) is 0 Å². The molecule has 1 atom stereocenters. The maximum absolute atomic E-state index is 11.7. The average Bonchev–Trinajstić information content (AvgIpc) is 2.36. The number of aliphatic hydroxyl groups is 1. The number of carbonyl (C=O) groups is 1. The van der Waals surface area contributed by atoms with Gasteiger partial charge in [0, 0.05) is 5.69 Å². The van der Waals surface area contributed by atoms with E-state index in [-0.39, 0.29) is 12.5 Å². The molecular formula is C13H20N2O2. The lowest BCUT2D eigenvalue weighted by molar-refractivity contribution is -0.117. The van der Waals surface area contributed by atoms with Crippen LogP contribution in [0.15, 0.2) is 24.3 Å². The Morgan fingerprint density at radius 3 is 2.94 bits per heavy atom. The fraction of sp³-hybridized carbons (Fsp3) is 0.462. The minimum Gasteiger partial charge on any atom is -0.392 e. The molecule has 0 aliphatic carbocycles. The fourth-order valence-corrected chi connectivity index (χ4v) is 1.54. The van der Waals surface area contributed by atoms with Gasteiger partial charge in [-0.2, -0.15) is 0 Å². The van der Waals surface area contributed by atoms with E-state index in [2.05, 4.69) is 12.2 Å². The molecule has 0 heterocycles. The molecular weight excluding hydrogens is 216 g/mol. The zero-order valence-electron chi connectivity index (χ0n) is 10.1. The topological polar surface area (TPSA) is 75.4 Å². The number of nitrogens with two attached hydrogens (primary N) is 1. The first-order chi connectivity index (χ1) is 8.17. The number of unbranched alkanes of at least 4 members (excludes halogenated alkanes) is 1. The molecule has 0 saturated carbocycles. The number of benzene rings is 1. The third-order valence-electron chi connectivity index (χ3n) is 2.58. The molecule has 4 nitrogen and oxygen atoms in total. The van der Waals surface area contributed by atoms with Gasteiger partial charge in [-0.3, -0.25) is 4.79 Å². The minimum atomic E-state index is -0.465. The van der Waals surface area contributed by atoms with E-state index in [0.717, 1.165) is 18.4 Å². The minimum absolute atomic E-state index is 0.0361. The predicted octanol–water partition coefficient (Wildman–Crippen LogP) is 1.63. The molecule has 1 rings (SSSR count). The van der Waals surface area contributed by atoms with Crippen LogP contribution in [0.2, 0.25) is 0 Å². The fourth-order valence-electron chi connectivity index (χ4n) is 1.54. The van der Waals surface area contributed by atoms with Crippen LogP contribution in [0.4, 0.5) is 5.69 Å². The van der Waals surface area contributed by atoms with Crippen LogP contribution < -0.4 is 11.1 Å². The van der Waals surface area contributed by atoms with Crippen LogP contribution in [-0.4, -0.2) is 17.1 Å². The summed E-state index contributed by atoms with van der Waals surface area (Å²) in [5.41, 5.74) is 7.20. The molecule has 4 heteroatoms. The van der Waals surface area contributed by atoms with Crippen LogP contribution in [0, 0.1) is 0 Å². The van der Waals surface area contributed by atoms with Crippen LogP contribution in [0.5, 0.6) is 0 Å². The summed E-state index contributed by atoms with van der Waals surface area (Å²) >= 11 is 0. The third kappa shape index (κ3) is 4.54. The van der Waals surface area contributed by atoms with Gasteiger partial charge < -0.3 is 16.2 Å². The average molecular weight is 236 g/mol. The summed E-state index contributed by atoms with van der Waals surface area (Å²) in [5, 5.41) is 11.7. The van der Waals surface area contributed by atoms with Gasteiger partial charge in [0.15, 0.2) is 0 Å². The van der Waals surface area contributed by atoms with Crippen molar-refractivity contribution in [3.8, 4) is 0 Å². The molecule has 0 aliphatic heterocycles. The third-order valence-corrected chi connectivity index (χ3v) is 2.58. The molecule has 1 unspecified atom stereocenters. The number of nitrogens with one attached hydrogen (secondary N) is 1. The molecule has 0 bridgehead atoms. The first kappa shape index (κ1) is 13.7. The van der Waals surface area contributed by atoms with Crippen molar-refractivity contribution in [1.29, 1.82) is 0 Å². The Morgan fingerprint density at radius 2 is 2.29 bits per heavy atom. The largest absolute Gasteiger partial charge is 0.392 e. The second kappa shape index (κ2) is 7.04. The normalized spacial score (nSPS) is 12.2. The number of amides is 1. The first-order valence-corrected chi connectivity index (χ1v) is 5.93. The van der Waals surface area contributed by atoms with Crippen molar-refractivity contribution < 1.29 is 9.90 Å². The summed E-state index contributed by atoms with van der Waals surface area (Å²) in [6.45, 7) is 2.03. The second-order valence-corrected chi connectivity index (χ2v) is 4.10. The van der Waals surface area contributed by atoms with Crippen molar-refractivity contribution in [1.82, 2.24) is 0 Å². The summed E-state index contributed by atoms with van der Waals surface area (Å²) < 4.78 is 0. The Kier molecular flexibility index (Phi) is 5.66. The highest BCUT2D eigenvalue weighted by Crippen LogP contribution is 2.11. The second-order valence-electron chi connectivity index (χ2n) is 4.10. The van der Waals surface area contributed by atoms with Gasteiger partial charge in [0.2, 0.25) is 5.91 Å². The first-order valence-electron chi connectivity index (χ1n) is 5.93. The summed E-state index contributed by atoms with van der Waals surface area (Å²) in [5.74, 6) is -0.173. The zero-order chi connectivity index (χ0) is 12.7. The highest BCUT2D eigenvalue weighted by Gasteiger charge is 2.12. The number of hydrogen-bond donors (Lipinski definition) is 3. The highest BCUT2D eigenvalue weighted by molar-refractivity contribution is 5.94. The van der Waals surface area contributed by atoms with Crippen molar-refractivity contribution in [3.05, 3.63) is 29.8 Å². The quantitative estimate of drug-likeness (QED) is 0.702. The standard InChI is InChI=1S/C13H20N2O2/c1-2-3-7-12(14)13(17)15-11-6-4-5-10(8-11)9-16/h4-6,8,12,16H,2-3,7,9,14H2,1H3,(H,15,17). The van der Waals surface area contributed by atoms with Crippen molar-refractivity contribution in [3.63, 3.8) is 0 Å². The van der Waals surface area contributed by atoms with E-state index in [4.69, 9.17) is 10.8 Å². The lowest BCUT2D eigenvalue weighted by Crippen LogP contribution is -2.35. The lowest BCUT2D eigenvalue weighted by atomic mass is 10.1. The SMILES string of the molecule is CCCCC(N)C(=O)Nc1cccc(CO)c1. The molecule has 0 spiro atoms. The summed E-state index contributed by atoms with van der Waals surface area (Å²) in [6, 6.07) is 6.65. The number of rotatable bonds is 6. The van der Waals surface area contributed by atoms with Gasteiger partial charge in [0.05, 0.1) is 12.6 Å². The van der Waals surface area contributed by atoms with Crippen LogP contribution >= 0.6 is 0 Å². The van der Waals surface area contributed by atoms with Crippen LogP contribution in [-0.2, 0) is 11.4 Å². The summed E-state index contributed by atoms with van der Waals surface area (Å²) in [4.78, 5) is 11.7. The highest BCUT2D eigenvalue weighted by atomic mass is 16.3. The molecule has 17 heavy (non-hydrogen) atoms. The molecule has 0 aliphatic rings. The Hall–Kier alpha value is -1.39. The molecule has 0 fully saturated rings. The van der Waals surface area contributed by atoms with E-state index < -0.39 is 6.04 Å². The Balaban J connectivity index is 2.54. The summed E-state index contributed by atoms with van der Waals surface area (Å²) in [6.07, 6.45) is 2.67. The molecule has 0 aromatic heterocycles. The van der Waals surface area contributed by atoms with Crippen LogP contribution in [0.25, 0.3) is 0 Å².